The minimum atomic E-state index is 0. The molecule has 7 heavy (non-hydrogen) atoms. The fourth-order valence-electron chi connectivity index (χ4n) is 0. The van der Waals surface area contributed by atoms with Crippen molar-refractivity contribution in [2.45, 2.75) is 0 Å². The van der Waals surface area contributed by atoms with Gasteiger partial charge in [0.15, 0.2) is 0 Å². The van der Waals surface area contributed by atoms with Crippen molar-refractivity contribution in [2.75, 3.05) is 0 Å². The number of rotatable bonds is 0. The Bertz CT molecular complexity index is 12.9. The third kappa shape index (κ3) is 39.5. The summed E-state index contributed by atoms with van der Waals surface area (Å²) in [4.78, 5) is 0. The SMILES string of the molecule is [Na+].[Na+].[Na+].[OH-].[OH-].[SH-].[Sb]. The van der Waals surface area contributed by atoms with E-state index in [4.69, 9.17) is 0 Å². The second kappa shape index (κ2) is 49.9. The second-order valence-corrected chi connectivity index (χ2v) is 0. The van der Waals surface area contributed by atoms with Gasteiger partial charge in [-0.05, 0) is 0 Å². The first-order valence-electron chi connectivity index (χ1n) is 0. The van der Waals surface area contributed by atoms with Gasteiger partial charge in [0, 0.05) is 24.4 Å². The molecule has 0 saturated carbocycles. The molecule has 0 saturated heterocycles. The molecule has 0 aromatic carbocycles. The molecule has 0 aromatic heterocycles. The van der Waals surface area contributed by atoms with Crippen LogP contribution in [-0.4, -0.2) is 35.4 Å². The molecule has 29 valence electrons. The van der Waals surface area contributed by atoms with E-state index >= 15 is 0 Å². The normalized spacial score (nSPS) is 0. The maximum Gasteiger partial charge on any atom is 1.00 e. The van der Waals surface area contributed by atoms with E-state index in [2.05, 4.69) is 0 Å². The van der Waals surface area contributed by atoms with Crippen molar-refractivity contribution in [1.82, 2.24) is 0 Å². The molecule has 2 N–H and O–H groups in total. The summed E-state index contributed by atoms with van der Waals surface area (Å²) in [5.74, 6) is 0. The Morgan fingerprint density at radius 3 is 0.571 bits per heavy atom. The van der Waals surface area contributed by atoms with Gasteiger partial charge in [-0.15, -0.1) is 0 Å². The van der Waals surface area contributed by atoms with E-state index in [1.54, 1.807) is 0 Å². The molecular formula is H3Na3O2SSb. The average Bonchev–Trinajstić information content (AvgIpc) is 0. The maximum absolute atomic E-state index is 0. The predicted octanol–water partition coefficient (Wildman–Crippen LogP) is -9.99. The Hall–Kier alpha value is 4.09. The molecule has 0 bridgehead atoms. The van der Waals surface area contributed by atoms with Gasteiger partial charge in [-0.25, -0.2) is 0 Å². The zero-order valence-electron chi connectivity index (χ0n) is 4.79. The summed E-state index contributed by atoms with van der Waals surface area (Å²) in [6, 6.07) is 0. The van der Waals surface area contributed by atoms with Crippen molar-refractivity contribution in [3.63, 3.8) is 0 Å². The Morgan fingerprint density at radius 1 is 0.571 bits per heavy atom. The van der Waals surface area contributed by atoms with Crippen LogP contribution >= 0.6 is 0 Å². The van der Waals surface area contributed by atoms with Gasteiger partial charge in [0.2, 0.25) is 0 Å². The molecule has 3 radical (unpaired) electrons. The molecular weight excluding hydrogens is 255 g/mol. The topological polar surface area (TPSA) is 60.0 Å². The zero-order valence-corrected chi connectivity index (χ0v) is 14.2. The molecule has 0 spiro atoms. The van der Waals surface area contributed by atoms with Crippen LogP contribution in [0.15, 0.2) is 0 Å². The van der Waals surface area contributed by atoms with Crippen LogP contribution in [0.1, 0.15) is 0 Å². The van der Waals surface area contributed by atoms with Crippen molar-refractivity contribution in [1.29, 1.82) is 0 Å². The molecule has 0 aliphatic carbocycles. The van der Waals surface area contributed by atoms with E-state index < -0.39 is 0 Å². The molecule has 0 heterocycles. The smallest absolute Gasteiger partial charge is 0.870 e. The van der Waals surface area contributed by atoms with Gasteiger partial charge in [0.05, 0.1) is 0 Å². The third-order valence-corrected chi connectivity index (χ3v) is 0. The summed E-state index contributed by atoms with van der Waals surface area (Å²) in [7, 11) is 0. The largest absolute Gasteiger partial charge is 1.00 e. The first-order chi connectivity index (χ1) is 0. The molecule has 7 heteroatoms. The fraction of sp³-hybridized carbons (Fsp3) is 0. The van der Waals surface area contributed by atoms with E-state index in [9.17, 15) is 0 Å². The Morgan fingerprint density at radius 2 is 0.571 bits per heavy atom. The van der Waals surface area contributed by atoms with Gasteiger partial charge >= 0.3 is 88.7 Å². The van der Waals surface area contributed by atoms with E-state index in [0.717, 1.165) is 0 Å². The minimum absolute atomic E-state index is 0. The second-order valence-electron chi connectivity index (χ2n) is 0. The van der Waals surface area contributed by atoms with Gasteiger partial charge in [0.1, 0.15) is 0 Å². The zero-order chi connectivity index (χ0) is 0. The van der Waals surface area contributed by atoms with E-state index in [-0.39, 0.29) is 138 Å². The van der Waals surface area contributed by atoms with Gasteiger partial charge in [-0.3, -0.25) is 0 Å². The van der Waals surface area contributed by atoms with Crippen LogP contribution in [0, 0.1) is 0 Å². The quantitative estimate of drug-likeness (QED) is 0.246. The molecule has 0 unspecified atom stereocenters. The van der Waals surface area contributed by atoms with E-state index in [0.29, 0.717) is 0 Å². The molecule has 2 nitrogen and oxygen atoms in total. The third-order valence-electron chi connectivity index (χ3n) is 0. The van der Waals surface area contributed by atoms with Crippen LogP contribution in [0.25, 0.3) is 0 Å². The summed E-state index contributed by atoms with van der Waals surface area (Å²) in [6.07, 6.45) is 0. The molecule has 0 rings (SSSR count). The first kappa shape index (κ1) is 67.5. The van der Waals surface area contributed by atoms with Crippen LogP contribution < -0.4 is 88.7 Å². The van der Waals surface area contributed by atoms with Gasteiger partial charge in [-0.1, -0.05) is 0 Å². The minimum Gasteiger partial charge on any atom is -0.870 e. The Kier molecular flexibility index (Phi) is 481. The number of hydrogen-bond acceptors (Lipinski definition) is 3. The van der Waals surface area contributed by atoms with E-state index in [1.807, 2.05) is 0 Å². The summed E-state index contributed by atoms with van der Waals surface area (Å²) >= 11 is 0. The van der Waals surface area contributed by atoms with Crippen LogP contribution in [0.3, 0.4) is 0 Å². The van der Waals surface area contributed by atoms with Crippen molar-refractivity contribution in [2.24, 2.45) is 0 Å². The van der Waals surface area contributed by atoms with Gasteiger partial charge in [-0.2, -0.15) is 0 Å². The average molecular weight is 258 g/mol. The molecule has 0 aliphatic heterocycles. The van der Waals surface area contributed by atoms with Crippen LogP contribution in [0.5, 0.6) is 0 Å². The van der Waals surface area contributed by atoms with Crippen LogP contribution in [-0.2, 0) is 13.5 Å². The summed E-state index contributed by atoms with van der Waals surface area (Å²) < 4.78 is 0. The molecule has 0 aliphatic rings. The van der Waals surface area contributed by atoms with Crippen molar-refractivity contribution in [3.8, 4) is 0 Å². The van der Waals surface area contributed by atoms with Crippen molar-refractivity contribution < 1.29 is 99.6 Å². The standard InChI is InChI=1S/3Na.2H2O.H2S.Sb/h;;;3*1H2;/q3*+1;;;;/p-3. The van der Waals surface area contributed by atoms with Gasteiger partial charge < -0.3 is 24.4 Å². The number of thiol groups is 1. The summed E-state index contributed by atoms with van der Waals surface area (Å²) in [6.45, 7) is 0. The summed E-state index contributed by atoms with van der Waals surface area (Å²) in [5.41, 5.74) is 0. The first-order valence-corrected chi connectivity index (χ1v) is 0. The Balaban J connectivity index is 0. The van der Waals surface area contributed by atoms with E-state index in [1.165, 1.54) is 0 Å². The molecule has 0 amide bonds. The maximum atomic E-state index is 0. The predicted molar refractivity (Wildman–Crippen MR) is 18.4 cm³/mol. The molecule has 0 aromatic rings. The van der Waals surface area contributed by atoms with Crippen molar-refractivity contribution >= 4 is 37.9 Å². The summed E-state index contributed by atoms with van der Waals surface area (Å²) in [5, 5.41) is 0. The molecule has 0 atom stereocenters. The molecule has 0 fully saturated rings. The monoisotopic (exact) mass is 257 g/mol. The van der Waals surface area contributed by atoms with Crippen LogP contribution in [0.2, 0.25) is 0 Å². The fourth-order valence-corrected chi connectivity index (χ4v) is 0. The van der Waals surface area contributed by atoms with Gasteiger partial charge in [0.25, 0.3) is 0 Å². The Labute approximate surface area is 134 Å². The van der Waals surface area contributed by atoms with Crippen LogP contribution in [0.4, 0.5) is 0 Å². The van der Waals surface area contributed by atoms with Crippen molar-refractivity contribution in [3.05, 3.63) is 0 Å². The number of hydrogen-bond donors (Lipinski definition) is 0.